The van der Waals surface area contributed by atoms with Gasteiger partial charge in [0.15, 0.2) is 0 Å². The minimum absolute atomic E-state index is 0.231. The summed E-state index contributed by atoms with van der Waals surface area (Å²) >= 11 is 0. The number of pyridine rings is 1. The lowest BCUT2D eigenvalue weighted by atomic mass is 10.1. The summed E-state index contributed by atoms with van der Waals surface area (Å²) in [6.45, 7) is 5.46. The van der Waals surface area contributed by atoms with Crippen molar-refractivity contribution in [2.24, 2.45) is 0 Å². The first-order valence-corrected chi connectivity index (χ1v) is 6.07. The molecule has 5 nitrogen and oxygen atoms in total. The van der Waals surface area contributed by atoms with Crippen LogP contribution >= 0.6 is 0 Å². The van der Waals surface area contributed by atoms with Crippen molar-refractivity contribution in [3.63, 3.8) is 0 Å². The number of ether oxygens (including phenoxy) is 2. The van der Waals surface area contributed by atoms with Crippen LogP contribution in [-0.2, 0) is 20.7 Å². The van der Waals surface area contributed by atoms with E-state index >= 15 is 0 Å². The number of hydrogen-bond acceptors (Lipinski definition) is 5. The molecule has 0 spiro atoms. The van der Waals surface area contributed by atoms with Crippen LogP contribution in [0.4, 0.5) is 0 Å². The number of rotatable bonds is 4. The first kappa shape index (κ1) is 15.1. The van der Waals surface area contributed by atoms with Crippen LogP contribution in [0, 0.1) is 0 Å². The number of carbonyl (C=O) groups excluding carboxylic acids is 2. The standard InChI is InChI=1S/C14H19NO4/c1-14(2,3)19-12(16)6-5-11-9-10(7-8-15-11)13(17)18-4/h7-9H,5-6H2,1-4H3. The first-order valence-electron chi connectivity index (χ1n) is 6.07. The van der Waals surface area contributed by atoms with Gasteiger partial charge in [-0.15, -0.1) is 0 Å². The Hall–Kier alpha value is -1.91. The van der Waals surface area contributed by atoms with E-state index in [9.17, 15) is 9.59 Å². The fourth-order valence-electron chi connectivity index (χ4n) is 1.48. The predicted molar refractivity (Wildman–Crippen MR) is 69.7 cm³/mol. The fraction of sp³-hybridized carbons (Fsp3) is 0.500. The Bertz CT molecular complexity index is 463. The second kappa shape index (κ2) is 6.31. The zero-order valence-electron chi connectivity index (χ0n) is 11.7. The maximum absolute atomic E-state index is 11.6. The van der Waals surface area contributed by atoms with Gasteiger partial charge >= 0.3 is 11.9 Å². The van der Waals surface area contributed by atoms with Gasteiger partial charge in [0.25, 0.3) is 0 Å². The summed E-state index contributed by atoms with van der Waals surface area (Å²) in [6.07, 6.45) is 2.19. The summed E-state index contributed by atoms with van der Waals surface area (Å²) in [7, 11) is 1.32. The van der Waals surface area contributed by atoms with Gasteiger partial charge in [-0.05, 0) is 32.9 Å². The predicted octanol–water partition coefficient (Wildman–Crippen LogP) is 2.14. The number of esters is 2. The summed E-state index contributed by atoms with van der Waals surface area (Å²) in [6, 6.07) is 3.19. The molecule has 0 aliphatic heterocycles. The van der Waals surface area contributed by atoms with Crippen molar-refractivity contribution in [2.45, 2.75) is 39.2 Å². The third-order valence-electron chi connectivity index (χ3n) is 2.24. The zero-order chi connectivity index (χ0) is 14.5. The van der Waals surface area contributed by atoms with Gasteiger partial charge in [0.1, 0.15) is 5.60 Å². The second-order valence-electron chi connectivity index (χ2n) is 5.11. The summed E-state index contributed by atoms with van der Waals surface area (Å²) in [5, 5.41) is 0. The molecule has 0 amide bonds. The van der Waals surface area contributed by atoms with Gasteiger partial charge in [0.2, 0.25) is 0 Å². The molecule has 1 heterocycles. The molecular formula is C14H19NO4. The monoisotopic (exact) mass is 265 g/mol. The van der Waals surface area contributed by atoms with Gasteiger partial charge in [0, 0.05) is 18.3 Å². The number of methoxy groups -OCH3 is 1. The molecule has 1 aromatic heterocycles. The van der Waals surface area contributed by atoms with Crippen molar-refractivity contribution in [3.05, 3.63) is 29.6 Å². The Morgan fingerprint density at radius 2 is 2.00 bits per heavy atom. The molecule has 0 N–H and O–H groups in total. The minimum atomic E-state index is -0.488. The van der Waals surface area contributed by atoms with Gasteiger partial charge in [0.05, 0.1) is 19.1 Å². The van der Waals surface area contributed by atoms with Gasteiger partial charge in [-0.2, -0.15) is 0 Å². The Kier molecular flexibility index (Phi) is 5.03. The maximum Gasteiger partial charge on any atom is 0.337 e. The highest BCUT2D eigenvalue weighted by Gasteiger charge is 2.16. The normalized spacial score (nSPS) is 10.9. The molecule has 1 aromatic rings. The smallest absolute Gasteiger partial charge is 0.337 e. The van der Waals surface area contributed by atoms with Gasteiger partial charge in [-0.1, -0.05) is 0 Å². The van der Waals surface area contributed by atoms with E-state index in [1.807, 2.05) is 20.8 Å². The molecule has 0 atom stereocenters. The van der Waals surface area contributed by atoms with Crippen molar-refractivity contribution in [1.29, 1.82) is 0 Å². The van der Waals surface area contributed by atoms with Gasteiger partial charge in [-0.3, -0.25) is 9.78 Å². The number of aryl methyl sites for hydroxylation is 1. The average Bonchev–Trinajstić information content (AvgIpc) is 2.34. The van der Waals surface area contributed by atoms with Crippen LogP contribution in [-0.4, -0.2) is 29.6 Å². The number of aromatic nitrogens is 1. The molecule has 0 aliphatic carbocycles. The lowest BCUT2D eigenvalue weighted by Gasteiger charge is -2.19. The second-order valence-corrected chi connectivity index (χ2v) is 5.11. The molecule has 0 saturated heterocycles. The van der Waals surface area contributed by atoms with Crippen LogP contribution in [0.2, 0.25) is 0 Å². The number of carbonyl (C=O) groups is 2. The van der Waals surface area contributed by atoms with Crippen molar-refractivity contribution < 1.29 is 19.1 Å². The van der Waals surface area contributed by atoms with E-state index in [4.69, 9.17) is 4.74 Å². The highest BCUT2D eigenvalue weighted by atomic mass is 16.6. The molecule has 104 valence electrons. The lowest BCUT2D eigenvalue weighted by Crippen LogP contribution is -2.24. The molecule has 0 fully saturated rings. The van der Waals surface area contributed by atoms with E-state index in [-0.39, 0.29) is 12.4 Å². The van der Waals surface area contributed by atoms with Crippen molar-refractivity contribution in [2.75, 3.05) is 7.11 Å². The van der Waals surface area contributed by atoms with E-state index in [2.05, 4.69) is 9.72 Å². The summed E-state index contributed by atoms with van der Waals surface area (Å²) in [5.41, 5.74) is 0.601. The van der Waals surface area contributed by atoms with Crippen LogP contribution in [0.3, 0.4) is 0 Å². The molecule has 0 saturated carbocycles. The van der Waals surface area contributed by atoms with E-state index in [1.165, 1.54) is 13.3 Å². The van der Waals surface area contributed by atoms with Gasteiger partial charge < -0.3 is 9.47 Å². The third kappa shape index (κ3) is 5.50. The molecule has 0 aliphatic rings. The molecule has 0 bridgehead atoms. The Morgan fingerprint density at radius 1 is 1.32 bits per heavy atom. The van der Waals surface area contributed by atoms with E-state index in [1.54, 1.807) is 12.1 Å². The van der Waals surface area contributed by atoms with Gasteiger partial charge in [-0.25, -0.2) is 4.79 Å². The molecule has 0 radical (unpaired) electrons. The lowest BCUT2D eigenvalue weighted by molar-refractivity contribution is -0.154. The summed E-state index contributed by atoms with van der Waals surface area (Å²) in [5.74, 6) is -0.696. The Morgan fingerprint density at radius 3 is 2.58 bits per heavy atom. The quantitative estimate of drug-likeness (QED) is 0.780. The van der Waals surface area contributed by atoms with Crippen LogP contribution < -0.4 is 0 Å². The third-order valence-corrected chi connectivity index (χ3v) is 2.24. The van der Waals surface area contributed by atoms with Crippen molar-refractivity contribution >= 4 is 11.9 Å². The fourth-order valence-corrected chi connectivity index (χ4v) is 1.48. The molecule has 0 aromatic carbocycles. The van der Waals surface area contributed by atoms with E-state index in [0.29, 0.717) is 17.7 Å². The Labute approximate surface area is 112 Å². The maximum atomic E-state index is 11.6. The highest BCUT2D eigenvalue weighted by molar-refractivity contribution is 5.89. The minimum Gasteiger partial charge on any atom is -0.465 e. The summed E-state index contributed by atoms with van der Waals surface area (Å²) in [4.78, 5) is 27.0. The topological polar surface area (TPSA) is 65.5 Å². The van der Waals surface area contributed by atoms with E-state index in [0.717, 1.165) is 0 Å². The van der Waals surface area contributed by atoms with Crippen molar-refractivity contribution in [3.8, 4) is 0 Å². The summed E-state index contributed by atoms with van der Waals surface area (Å²) < 4.78 is 9.82. The Balaban J connectivity index is 2.59. The molecular weight excluding hydrogens is 246 g/mol. The molecule has 0 unspecified atom stereocenters. The molecule has 1 rings (SSSR count). The highest BCUT2D eigenvalue weighted by Crippen LogP contribution is 2.11. The van der Waals surface area contributed by atoms with Crippen LogP contribution in [0.15, 0.2) is 18.3 Å². The van der Waals surface area contributed by atoms with Crippen LogP contribution in [0.5, 0.6) is 0 Å². The largest absolute Gasteiger partial charge is 0.465 e. The zero-order valence-corrected chi connectivity index (χ0v) is 11.7. The van der Waals surface area contributed by atoms with E-state index < -0.39 is 11.6 Å². The van der Waals surface area contributed by atoms with Crippen LogP contribution in [0.25, 0.3) is 0 Å². The number of hydrogen-bond donors (Lipinski definition) is 0. The van der Waals surface area contributed by atoms with Crippen molar-refractivity contribution in [1.82, 2.24) is 4.98 Å². The molecule has 19 heavy (non-hydrogen) atoms. The number of nitrogens with zero attached hydrogens (tertiary/aromatic N) is 1. The average molecular weight is 265 g/mol. The molecule has 5 heteroatoms. The SMILES string of the molecule is COC(=O)c1ccnc(CCC(=O)OC(C)(C)C)c1. The first-order chi connectivity index (χ1) is 8.81. The van der Waals surface area contributed by atoms with Crippen LogP contribution in [0.1, 0.15) is 43.2 Å².